The molecule has 8 aromatic carbocycles. The third-order valence-corrected chi connectivity index (χ3v) is 9.95. The molecule has 310 valence electrons. The van der Waals surface area contributed by atoms with Crippen LogP contribution < -0.4 is 49.7 Å². The number of rotatable bonds is 17. The van der Waals surface area contributed by atoms with Crippen LogP contribution in [0.15, 0.2) is 182 Å². The molecule has 0 spiro atoms. The van der Waals surface area contributed by atoms with Crippen LogP contribution in [0.5, 0.6) is 46.0 Å². The smallest absolute Gasteiger partial charge is 0.151 e. The maximum absolute atomic E-state index is 6.48. The van der Waals surface area contributed by atoms with Gasteiger partial charge in [-0.05, 0) is 169 Å². The van der Waals surface area contributed by atoms with Crippen LogP contribution in [-0.4, -0.2) is 28.4 Å². The van der Waals surface area contributed by atoms with Gasteiger partial charge in [0.05, 0.1) is 39.8 Å². The van der Waals surface area contributed by atoms with Crippen molar-refractivity contribution in [3.63, 3.8) is 0 Å². The first kappa shape index (κ1) is 40.5. The van der Waals surface area contributed by atoms with E-state index in [-0.39, 0.29) is 0 Å². The number of hydrogen-bond donors (Lipinski definition) is 4. The molecule has 0 radical (unpaired) electrons. The first-order valence-corrected chi connectivity index (χ1v) is 19.9. The average molecular weight is 823 g/mol. The number of hydrogen-bond acceptors (Lipinski definition) is 10. The second-order valence-corrected chi connectivity index (χ2v) is 14.1. The van der Waals surface area contributed by atoms with E-state index >= 15 is 0 Å². The van der Waals surface area contributed by atoms with Gasteiger partial charge in [0.25, 0.3) is 0 Å². The fraction of sp³-hybridized carbons (Fsp3) is 0.0769. The molecule has 0 aliphatic heterocycles. The van der Waals surface area contributed by atoms with E-state index in [0.29, 0.717) is 23.0 Å². The molecule has 0 aromatic heterocycles. The van der Waals surface area contributed by atoms with Crippen molar-refractivity contribution in [2.75, 3.05) is 49.7 Å². The minimum absolute atomic E-state index is 0.667. The van der Waals surface area contributed by atoms with Gasteiger partial charge in [0, 0.05) is 34.1 Å². The Kier molecular flexibility index (Phi) is 12.6. The van der Waals surface area contributed by atoms with Crippen molar-refractivity contribution in [1.82, 2.24) is 0 Å². The molecule has 0 aliphatic rings. The van der Waals surface area contributed by atoms with E-state index < -0.39 is 0 Å². The third-order valence-electron chi connectivity index (χ3n) is 9.95. The molecule has 0 saturated heterocycles. The Morgan fingerprint density at radius 2 is 0.516 bits per heavy atom. The molecule has 0 fully saturated rings. The van der Waals surface area contributed by atoms with E-state index in [4.69, 9.17) is 28.4 Å². The summed E-state index contributed by atoms with van der Waals surface area (Å²) in [5, 5.41) is 14.0. The molecule has 0 saturated carbocycles. The number of methoxy groups -OCH3 is 4. The molecule has 10 nitrogen and oxygen atoms in total. The molecule has 0 heterocycles. The first-order chi connectivity index (χ1) is 30.4. The maximum Gasteiger partial charge on any atom is 0.151 e. The van der Waals surface area contributed by atoms with Gasteiger partial charge >= 0.3 is 0 Å². The van der Waals surface area contributed by atoms with Crippen LogP contribution in [0, 0.1) is 0 Å². The second-order valence-electron chi connectivity index (χ2n) is 14.1. The minimum atomic E-state index is 0.667. The van der Waals surface area contributed by atoms with Crippen molar-refractivity contribution in [1.29, 1.82) is 0 Å². The largest absolute Gasteiger partial charge is 0.497 e. The van der Waals surface area contributed by atoms with Crippen LogP contribution in [0.3, 0.4) is 0 Å². The molecule has 0 unspecified atom stereocenters. The molecule has 8 aromatic rings. The normalized spacial score (nSPS) is 10.6. The first-order valence-electron chi connectivity index (χ1n) is 19.9. The summed E-state index contributed by atoms with van der Waals surface area (Å²) in [6.07, 6.45) is 0. The zero-order valence-electron chi connectivity index (χ0n) is 34.8. The summed E-state index contributed by atoms with van der Waals surface area (Å²) in [6.45, 7) is 0. The van der Waals surface area contributed by atoms with Crippen LogP contribution in [0.25, 0.3) is 11.1 Å². The zero-order chi connectivity index (χ0) is 42.7. The van der Waals surface area contributed by atoms with E-state index in [1.165, 1.54) is 0 Å². The Morgan fingerprint density at radius 3 is 0.806 bits per heavy atom. The van der Waals surface area contributed by atoms with Gasteiger partial charge in [-0.1, -0.05) is 24.3 Å². The Morgan fingerprint density at radius 1 is 0.258 bits per heavy atom. The predicted molar refractivity (Wildman–Crippen MR) is 250 cm³/mol. The molecule has 0 aliphatic carbocycles. The highest BCUT2D eigenvalue weighted by Crippen LogP contribution is 2.38. The Balaban J connectivity index is 0.975. The summed E-state index contributed by atoms with van der Waals surface area (Å²) in [7, 11) is 6.62. The van der Waals surface area contributed by atoms with Gasteiger partial charge in [0.1, 0.15) is 34.5 Å². The standard InChI is InChI=1S/C52H46N4O6/c1-57-43-23-9-37(10-24-43)53-41-17-31-51(49(33-41)55-39-13-27-45(59-3)28-14-39)61-47-19-5-35(6-20-47)36-7-21-48(22-8-36)62-52-32-18-42(54-38-11-25-44(58-2)26-12-38)34-50(52)56-40-15-29-46(60-4)30-16-40/h5-34,53-56H,1-4H3. The molecular formula is C52H46N4O6. The molecule has 0 atom stereocenters. The Hall–Kier alpha value is -8.24. The van der Waals surface area contributed by atoms with Gasteiger partial charge in [-0.2, -0.15) is 0 Å². The van der Waals surface area contributed by atoms with E-state index in [0.717, 1.165) is 79.6 Å². The van der Waals surface area contributed by atoms with E-state index in [2.05, 4.69) is 21.3 Å². The van der Waals surface area contributed by atoms with Gasteiger partial charge in [-0.3, -0.25) is 0 Å². The lowest BCUT2D eigenvalue weighted by atomic mass is 10.1. The van der Waals surface area contributed by atoms with Crippen molar-refractivity contribution in [3.05, 3.63) is 182 Å². The highest BCUT2D eigenvalue weighted by molar-refractivity contribution is 5.76. The number of ether oxygens (including phenoxy) is 6. The van der Waals surface area contributed by atoms with Crippen LogP contribution >= 0.6 is 0 Å². The SMILES string of the molecule is COc1ccc(Nc2ccc(Oc3ccc(-c4ccc(Oc5ccc(Nc6ccc(OC)cc6)cc5Nc5ccc(OC)cc5)cc4)cc3)c(Nc3ccc(OC)cc3)c2)cc1. The summed E-state index contributed by atoms with van der Waals surface area (Å²) in [5.74, 6) is 5.88. The maximum atomic E-state index is 6.48. The van der Waals surface area contributed by atoms with Crippen LogP contribution in [0.1, 0.15) is 0 Å². The zero-order valence-corrected chi connectivity index (χ0v) is 34.8. The molecule has 62 heavy (non-hydrogen) atoms. The summed E-state index contributed by atoms with van der Waals surface area (Å²) in [4.78, 5) is 0. The van der Waals surface area contributed by atoms with Crippen molar-refractivity contribution in [3.8, 4) is 57.1 Å². The number of benzene rings is 8. The molecule has 0 bridgehead atoms. The van der Waals surface area contributed by atoms with Gasteiger partial charge in [-0.15, -0.1) is 0 Å². The third kappa shape index (κ3) is 10.3. The predicted octanol–water partition coefficient (Wildman–Crippen LogP) is 13.9. The monoisotopic (exact) mass is 822 g/mol. The van der Waals surface area contributed by atoms with Crippen LogP contribution in [0.2, 0.25) is 0 Å². The molecule has 4 N–H and O–H groups in total. The fourth-order valence-electron chi connectivity index (χ4n) is 6.62. The van der Waals surface area contributed by atoms with Crippen molar-refractivity contribution in [2.45, 2.75) is 0 Å². The number of anilines is 8. The lowest BCUT2D eigenvalue weighted by Crippen LogP contribution is -1.97. The topological polar surface area (TPSA) is 104 Å². The highest BCUT2D eigenvalue weighted by Gasteiger charge is 2.12. The lowest BCUT2D eigenvalue weighted by Gasteiger charge is -2.17. The van der Waals surface area contributed by atoms with Crippen LogP contribution in [-0.2, 0) is 0 Å². The molecular weight excluding hydrogens is 777 g/mol. The second kappa shape index (κ2) is 19.2. The number of nitrogens with one attached hydrogen (secondary N) is 4. The lowest BCUT2D eigenvalue weighted by molar-refractivity contribution is 0.415. The van der Waals surface area contributed by atoms with E-state index in [9.17, 15) is 0 Å². The van der Waals surface area contributed by atoms with Crippen molar-refractivity contribution >= 4 is 45.5 Å². The Bertz CT molecular complexity index is 2500. The van der Waals surface area contributed by atoms with Gasteiger partial charge < -0.3 is 49.7 Å². The minimum Gasteiger partial charge on any atom is -0.497 e. The van der Waals surface area contributed by atoms with Crippen molar-refractivity contribution < 1.29 is 28.4 Å². The quantitative estimate of drug-likeness (QED) is 0.0710. The van der Waals surface area contributed by atoms with Gasteiger partial charge in [0.15, 0.2) is 11.5 Å². The highest BCUT2D eigenvalue weighted by atomic mass is 16.5. The van der Waals surface area contributed by atoms with Gasteiger partial charge in [-0.25, -0.2) is 0 Å². The van der Waals surface area contributed by atoms with E-state index in [1.54, 1.807) is 28.4 Å². The van der Waals surface area contributed by atoms with Crippen molar-refractivity contribution in [2.24, 2.45) is 0 Å². The van der Waals surface area contributed by atoms with Gasteiger partial charge in [0.2, 0.25) is 0 Å². The Labute approximate surface area is 361 Å². The summed E-state index contributed by atoms with van der Waals surface area (Å²) in [6, 6.07) is 59.1. The molecule has 0 amide bonds. The molecule has 10 heteroatoms. The molecule has 8 rings (SSSR count). The summed E-state index contributed by atoms with van der Waals surface area (Å²) >= 11 is 0. The summed E-state index contributed by atoms with van der Waals surface area (Å²) in [5.41, 5.74) is 9.10. The van der Waals surface area contributed by atoms with E-state index in [1.807, 2.05) is 182 Å². The summed E-state index contributed by atoms with van der Waals surface area (Å²) < 4.78 is 34.3. The average Bonchev–Trinajstić information content (AvgIpc) is 3.32. The van der Waals surface area contributed by atoms with Crippen LogP contribution in [0.4, 0.5) is 45.5 Å². The fourth-order valence-corrected chi connectivity index (χ4v) is 6.62.